The molecular formula is C20H22N4O4. The number of anilines is 1. The van der Waals surface area contributed by atoms with Crippen molar-refractivity contribution in [3.63, 3.8) is 0 Å². The summed E-state index contributed by atoms with van der Waals surface area (Å²) in [6, 6.07) is 11.4. The number of benzene rings is 1. The average molecular weight is 382 g/mol. The Bertz CT molecular complexity index is 944. The van der Waals surface area contributed by atoms with E-state index in [4.69, 9.17) is 13.8 Å². The summed E-state index contributed by atoms with van der Waals surface area (Å²) < 4.78 is 16.2. The van der Waals surface area contributed by atoms with Gasteiger partial charge >= 0.3 is 0 Å². The van der Waals surface area contributed by atoms with Crippen molar-refractivity contribution in [1.29, 1.82) is 0 Å². The van der Waals surface area contributed by atoms with Gasteiger partial charge in [0.2, 0.25) is 0 Å². The Morgan fingerprint density at radius 3 is 2.57 bits per heavy atom. The quantitative estimate of drug-likeness (QED) is 0.671. The largest absolute Gasteiger partial charge is 0.378 e. The predicted octanol–water partition coefficient (Wildman–Crippen LogP) is 2.75. The number of amides is 1. The number of morpholine rings is 1. The molecule has 0 spiro atoms. The van der Waals surface area contributed by atoms with E-state index in [9.17, 15) is 4.79 Å². The molecule has 0 saturated carbocycles. The monoisotopic (exact) mass is 382 g/mol. The fourth-order valence-corrected chi connectivity index (χ4v) is 3.25. The van der Waals surface area contributed by atoms with Crippen LogP contribution >= 0.6 is 0 Å². The Morgan fingerprint density at radius 2 is 1.89 bits per heavy atom. The van der Waals surface area contributed by atoms with E-state index in [1.54, 1.807) is 11.9 Å². The molecule has 1 amide bonds. The first-order chi connectivity index (χ1) is 13.6. The van der Waals surface area contributed by atoms with Crippen molar-refractivity contribution in [3.8, 4) is 11.3 Å². The lowest BCUT2D eigenvalue weighted by atomic mass is 10.1. The molecule has 1 saturated heterocycles. The Labute approximate surface area is 162 Å². The van der Waals surface area contributed by atoms with E-state index in [0.29, 0.717) is 61.4 Å². The number of nitrogens with zero attached hydrogens (tertiary/aromatic N) is 4. The zero-order chi connectivity index (χ0) is 19.5. The predicted molar refractivity (Wildman–Crippen MR) is 102 cm³/mol. The average Bonchev–Trinajstić information content (AvgIpc) is 3.35. The number of aryl methyl sites for hydroxylation is 1. The SMILES string of the molecule is Cc1cc(CN(C)C(=O)c2c(N3CCOCC3)noc2-c2ccccc2)no1. The van der Waals surface area contributed by atoms with Crippen LogP contribution in [0, 0.1) is 6.92 Å². The Hall–Kier alpha value is -3.13. The van der Waals surface area contributed by atoms with Gasteiger partial charge in [-0.3, -0.25) is 4.79 Å². The molecule has 1 aliphatic heterocycles. The molecule has 4 rings (SSSR count). The van der Waals surface area contributed by atoms with Crippen molar-refractivity contribution in [2.75, 3.05) is 38.3 Å². The summed E-state index contributed by atoms with van der Waals surface area (Å²) in [5.41, 5.74) is 1.96. The van der Waals surface area contributed by atoms with Gasteiger partial charge in [-0.2, -0.15) is 0 Å². The van der Waals surface area contributed by atoms with Crippen molar-refractivity contribution in [3.05, 3.63) is 53.4 Å². The van der Waals surface area contributed by atoms with E-state index >= 15 is 0 Å². The highest BCUT2D eigenvalue weighted by Gasteiger charge is 2.30. The highest BCUT2D eigenvalue weighted by Crippen LogP contribution is 2.33. The van der Waals surface area contributed by atoms with Gasteiger partial charge in [-0.25, -0.2) is 0 Å². The number of hydrogen-bond donors (Lipinski definition) is 0. The summed E-state index contributed by atoms with van der Waals surface area (Å²) in [6.45, 7) is 4.66. The van der Waals surface area contributed by atoms with Crippen molar-refractivity contribution in [2.24, 2.45) is 0 Å². The van der Waals surface area contributed by atoms with Gasteiger partial charge in [0.15, 0.2) is 11.6 Å². The van der Waals surface area contributed by atoms with Crippen molar-refractivity contribution in [1.82, 2.24) is 15.2 Å². The maximum absolute atomic E-state index is 13.4. The van der Waals surface area contributed by atoms with Gasteiger partial charge in [0.1, 0.15) is 17.0 Å². The fraction of sp³-hybridized carbons (Fsp3) is 0.350. The fourth-order valence-electron chi connectivity index (χ4n) is 3.25. The smallest absolute Gasteiger partial charge is 0.261 e. The van der Waals surface area contributed by atoms with Crippen LogP contribution in [0.4, 0.5) is 5.82 Å². The van der Waals surface area contributed by atoms with Gasteiger partial charge in [0.05, 0.1) is 19.8 Å². The van der Waals surface area contributed by atoms with Crippen LogP contribution in [-0.4, -0.2) is 54.5 Å². The van der Waals surface area contributed by atoms with Crippen LogP contribution in [0.3, 0.4) is 0 Å². The van der Waals surface area contributed by atoms with E-state index in [1.165, 1.54) is 0 Å². The second-order valence-corrected chi connectivity index (χ2v) is 6.77. The lowest BCUT2D eigenvalue weighted by Crippen LogP contribution is -2.38. The first-order valence-electron chi connectivity index (χ1n) is 9.19. The van der Waals surface area contributed by atoms with E-state index < -0.39 is 0 Å². The van der Waals surface area contributed by atoms with Gasteiger partial charge in [0.25, 0.3) is 5.91 Å². The molecule has 8 heteroatoms. The molecule has 2 aromatic heterocycles. The number of carbonyl (C=O) groups is 1. The zero-order valence-corrected chi connectivity index (χ0v) is 15.9. The number of carbonyl (C=O) groups excluding carboxylic acids is 1. The Morgan fingerprint density at radius 1 is 1.14 bits per heavy atom. The molecular weight excluding hydrogens is 360 g/mol. The summed E-state index contributed by atoms with van der Waals surface area (Å²) in [5, 5.41) is 8.22. The second-order valence-electron chi connectivity index (χ2n) is 6.77. The van der Waals surface area contributed by atoms with Gasteiger partial charge in [-0.1, -0.05) is 40.6 Å². The second kappa shape index (κ2) is 7.85. The van der Waals surface area contributed by atoms with Gasteiger partial charge < -0.3 is 23.6 Å². The molecule has 1 aliphatic rings. The molecule has 0 aliphatic carbocycles. The molecule has 0 bridgehead atoms. The molecule has 3 aromatic rings. The third-order valence-corrected chi connectivity index (χ3v) is 4.66. The summed E-state index contributed by atoms with van der Waals surface area (Å²) in [4.78, 5) is 17.0. The van der Waals surface area contributed by atoms with E-state index in [0.717, 1.165) is 5.56 Å². The number of rotatable bonds is 5. The summed E-state index contributed by atoms with van der Waals surface area (Å²) in [7, 11) is 1.73. The summed E-state index contributed by atoms with van der Waals surface area (Å²) in [5.74, 6) is 1.55. The van der Waals surface area contributed by atoms with Crippen molar-refractivity contribution < 1.29 is 18.6 Å². The van der Waals surface area contributed by atoms with Crippen molar-refractivity contribution in [2.45, 2.75) is 13.5 Å². The normalized spacial score (nSPS) is 14.3. The Balaban J connectivity index is 1.69. The van der Waals surface area contributed by atoms with Gasteiger partial charge in [-0.05, 0) is 6.92 Å². The number of hydrogen-bond acceptors (Lipinski definition) is 7. The van der Waals surface area contributed by atoms with E-state index in [-0.39, 0.29) is 5.91 Å². The molecule has 1 aromatic carbocycles. The van der Waals surface area contributed by atoms with E-state index in [1.807, 2.05) is 48.2 Å². The lowest BCUT2D eigenvalue weighted by molar-refractivity contribution is 0.0781. The molecule has 3 heterocycles. The maximum Gasteiger partial charge on any atom is 0.261 e. The van der Waals surface area contributed by atoms with Crippen LogP contribution < -0.4 is 4.90 Å². The van der Waals surface area contributed by atoms with Crippen LogP contribution in [-0.2, 0) is 11.3 Å². The van der Waals surface area contributed by atoms with Gasteiger partial charge in [-0.15, -0.1) is 0 Å². The van der Waals surface area contributed by atoms with Crippen LogP contribution in [0.5, 0.6) is 0 Å². The first-order valence-corrected chi connectivity index (χ1v) is 9.19. The summed E-state index contributed by atoms with van der Waals surface area (Å²) in [6.07, 6.45) is 0. The third kappa shape index (κ3) is 3.63. The van der Waals surface area contributed by atoms with Crippen LogP contribution in [0.2, 0.25) is 0 Å². The van der Waals surface area contributed by atoms with Crippen LogP contribution in [0.25, 0.3) is 11.3 Å². The molecule has 8 nitrogen and oxygen atoms in total. The summed E-state index contributed by atoms with van der Waals surface area (Å²) >= 11 is 0. The minimum absolute atomic E-state index is 0.178. The third-order valence-electron chi connectivity index (χ3n) is 4.66. The highest BCUT2D eigenvalue weighted by molar-refractivity contribution is 6.04. The minimum Gasteiger partial charge on any atom is -0.378 e. The van der Waals surface area contributed by atoms with Crippen LogP contribution in [0.15, 0.2) is 45.4 Å². The maximum atomic E-state index is 13.4. The highest BCUT2D eigenvalue weighted by atomic mass is 16.5. The van der Waals surface area contributed by atoms with Gasteiger partial charge in [0, 0.05) is 31.8 Å². The number of ether oxygens (including phenoxy) is 1. The minimum atomic E-state index is -0.178. The van der Waals surface area contributed by atoms with E-state index in [2.05, 4.69) is 10.3 Å². The standard InChI is InChI=1S/C20H22N4O4/c1-14-12-16(21-27-14)13-23(2)20(25)17-18(15-6-4-3-5-7-15)28-22-19(17)24-8-10-26-11-9-24/h3-7,12H,8-11,13H2,1-2H3. The Kier molecular flexibility index (Phi) is 5.12. The number of aromatic nitrogens is 2. The first kappa shape index (κ1) is 18.2. The van der Waals surface area contributed by atoms with Crippen LogP contribution in [0.1, 0.15) is 21.8 Å². The molecule has 146 valence electrons. The molecule has 1 fully saturated rings. The molecule has 0 radical (unpaired) electrons. The zero-order valence-electron chi connectivity index (χ0n) is 15.9. The molecule has 28 heavy (non-hydrogen) atoms. The van der Waals surface area contributed by atoms with Crippen molar-refractivity contribution >= 4 is 11.7 Å². The molecule has 0 atom stereocenters. The molecule has 0 N–H and O–H groups in total. The lowest BCUT2D eigenvalue weighted by Gasteiger charge is -2.27. The molecule has 0 unspecified atom stereocenters. The topological polar surface area (TPSA) is 84.8 Å².